The molecule has 0 amide bonds. The van der Waals surface area contributed by atoms with E-state index in [1.807, 2.05) is 6.92 Å². The molecule has 0 radical (unpaired) electrons. The van der Waals surface area contributed by atoms with Crippen molar-refractivity contribution in [1.82, 2.24) is 9.97 Å². The Morgan fingerprint density at radius 2 is 1.85 bits per heavy atom. The Balaban J connectivity index is 2.44. The molecule has 1 aromatic heterocycles. The van der Waals surface area contributed by atoms with E-state index in [1.54, 1.807) is 19.1 Å². The molecule has 5 nitrogen and oxygen atoms in total. The van der Waals surface area contributed by atoms with Crippen LogP contribution < -0.4 is 4.72 Å². The van der Waals surface area contributed by atoms with Crippen molar-refractivity contribution in [1.29, 1.82) is 0 Å². The highest BCUT2D eigenvalue weighted by Crippen LogP contribution is 2.28. The molecule has 20 heavy (non-hydrogen) atoms. The Morgan fingerprint density at radius 3 is 2.50 bits per heavy atom. The van der Waals surface area contributed by atoms with Gasteiger partial charge in [0.2, 0.25) is 0 Å². The summed E-state index contributed by atoms with van der Waals surface area (Å²) in [5.74, 6) is -0.0494. The third kappa shape index (κ3) is 3.03. The Labute approximate surface area is 127 Å². The van der Waals surface area contributed by atoms with E-state index in [4.69, 9.17) is 23.2 Å². The lowest BCUT2D eigenvalue weighted by molar-refractivity contribution is 0.600. The lowest BCUT2D eigenvalue weighted by Gasteiger charge is -2.11. The van der Waals surface area contributed by atoms with Gasteiger partial charge in [-0.1, -0.05) is 40.9 Å². The van der Waals surface area contributed by atoms with Gasteiger partial charge in [-0.15, -0.1) is 0 Å². The number of rotatable bonds is 3. The summed E-state index contributed by atoms with van der Waals surface area (Å²) in [4.78, 5) is 7.60. The minimum Gasteiger partial charge on any atom is -0.262 e. The fourth-order valence-electron chi connectivity index (χ4n) is 1.70. The van der Waals surface area contributed by atoms with E-state index >= 15 is 0 Å². The van der Waals surface area contributed by atoms with Crippen LogP contribution in [0.5, 0.6) is 0 Å². The molecule has 0 bridgehead atoms. The number of benzene rings is 1. The summed E-state index contributed by atoms with van der Waals surface area (Å²) >= 11 is 11.6. The van der Waals surface area contributed by atoms with Crippen LogP contribution in [0.2, 0.25) is 10.2 Å². The van der Waals surface area contributed by atoms with Crippen molar-refractivity contribution in [3.63, 3.8) is 0 Å². The zero-order valence-electron chi connectivity index (χ0n) is 10.7. The number of hydrogen-bond donors (Lipinski definition) is 1. The van der Waals surface area contributed by atoms with E-state index in [0.29, 0.717) is 5.56 Å². The van der Waals surface area contributed by atoms with Crippen molar-refractivity contribution in [2.24, 2.45) is 0 Å². The van der Waals surface area contributed by atoms with Crippen molar-refractivity contribution in [3.05, 3.63) is 45.8 Å². The van der Waals surface area contributed by atoms with Crippen molar-refractivity contribution >= 4 is 39.0 Å². The number of anilines is 1. The highest BCUT2D eigenvalue weighted by atomic mass is 35.5. The topological polar surface area (TPSA) is 72.0 Å². The van der Waals surface area contributed by atoms with E-state index in [0.717, 1.165) is 11.9 Å². The molecule has 0 aliphatic carbocycles. The van der Waals surface area contributed by atoms with Crippen molar-refractivity contribution in [3.8, 4) is 0 Å². The molecular weight excluding hydrogens is 321 g/mol. The minimum absolute atomic E-state index is 0.0139. The molecule has 0 spiro atoms. The summed E-state index contributed by atoms with van der Waals surface area (Å²) in [6, 6.07) is 5.03. The first kappa shape index (κ1) is 15.0. The number of aromatic nitrogens is 2. The average molecular weight is 332 g/mol. The number of halogens is 2. The first-order valence-corrected chi connectivity index (χ1v) is 7.81. The standard InChI is InChI=1S/C12H11Cl2N3O2S/c1-7-3-4-9(8(2)5-7)20(18,19)17-12-10(13)11(14)15-6-16-12/h3-6H,1-2H3,(H,15,16,17). The normalized spacial score (nSPS) is 11.4. The van der Waals surface area contributed by atoms with Gasteiger partial charge in [-0.2, -0.15) is 0 Å². The Morgan fingerprint density at radius 1 is 1.15 bits per heavy atom. The maximum Gasteiger partial charge on any atom is 0.263 e. The largest absolute Gasteiger partial charge is 0.263 e. The van der Waals surface area contributed by atoms with Gasteiger partial charge in [0.1, 0.15) is 11.3 Å². The number of hydrogen-bond acceptors (Lipinski definition) is 4. The van der Waals surface area contributed by atoms with Crippen LogP contribution in [0.1, 0.15) is 11.1 Å². The van der Waals surface area contributed by atoms with Gasteiger partial charge in [-0.3, -0.25) is 4.72 Å². The number of aryl methyl sites for hydroxylation is 2. The molecule has 2 rings (SSSR count). The van der Waals surface area contributed by atoms with Gasteiger partial charge in [0.25, 0.3) is 10.0 Å². The SMILES string of the molecule is Cc1ccc(S(=O)(=O)Nc2ncnc(Cl)c2Cl)c(C)c1. The molecule has 0 saturated carbocycles. The van der Waals surface area contributed by atoms with Crippen LogP contribution in [-0.2, 0) is 10.0 Å². The lowest BCUT2D eigenvalue weighted by atomic mass is 10.2. The monoisotopic (exact) mass is 331 g/mol. The first-order chi connectivity index (χ1) is 9.31. The third-order valence-electron chi connectivity index (χ3n) is 2.60. The van der Waals surface area contributed by atoms with Crippen LogP contribution in [0, 0.1) is 13.8 Å². The highest BCUT2D eigenvalue weighted by Gasteiger charge is 2.20. The Kier molecular flexibility index (Phi) is 4.17. The zero-order chi connectivity index (χ0) is 14.9. The van der Waals surface area contributed by atoms with Crippen LogP contribution in [-0.4, -0.2) is 18.4 Å². The Bertz CT molecular complexity index is 763. The second-order valence-corrected chi connectivity index (χ2v) is 6.59. The molecule has 0 saturated heterocycles. The van der Waals surface area contributed by atoms with E-state index in [9.17, 15) is 8.42 Å². The summed E-state index contributed by atoms with van der Waals surface area (Å²) in [7, 11) is -3.78. The fraction of sp³-hybridized carbons (Fsp3) is 0.167. The van der Waals surface area contributed by atoms with Crippen LogP contribution in [0.25, 0.3) is 0 Å². The maximum absolute atomic E-state index is 12.3. The quantitative estimate of drug-likeness (QED) is 0.876. The molecule has 106 valence electrons. The Hall–Kier alpha value is -1.37. The number of nitrogens with one attached hydrogen (secondary N) is 1. The van der Waals surface area contributed by atoms with Gasteiger partial charge in [0.05, 0.1) is 4.90 Å². The highest BCUT2D eigenvalue weighted by molar-refractivity contribution is 7.92. The molecule has 1 aromatic carbocycles. The number of sulfonamides is 1. The van der Waals surface area contributed by atoms with Crippen LogP contribution in [0.4, 0.5) is 5.82 Å². The third-order valence-corrected chi connectivity index (χ3v) is 4.84. The van der Waals surface area contributed by atoms with Gasteiger partial charge >= 0.3 is 0 Å². The molecule has 0 fully saturated rings. The van der Waals surface area contributed by atoms with Crippen molar-refractivity contribution in [2.45, 2.75) is 18.7 Å². The molecule has 8 heteroatoms. The van der Waals surface area contributed by atoms with Crippen LogP contribution in [0.15, 0.2) is 29.4 Å². The summed E-state index contributed by atoms with van der Waals surface area (Å²) in [5.41, 5.74) is 1.61. The van der Waals surface area contributed by atoms with E-state index < -0.39 is 10.0 Å². The smallest absolute Gasteiger partial charge is 0.262 e. The zero-order valence-corrected chi connectivity index (χ0v) is 13.0. The summed E-state index contributed by atoms with van der Waals surface area (Å²) < 4.78 is 27.0. The molecule has 0 atom stereocenters. The van der Waals surface area contributed by atoms with Crippen LogP contribution >= 0.6 is 23.2 Å². The van der Waals surface area contributed by atoms with E-state index in [-0.39, 0.29) is 20.9 Å². The fourth-order valence-corrected chi connectivity index (χ4v) is 3.29. The first-order valence-electron chi connectivity index (χ1n) is 5.57. The minimum atomic E-state index is -3.78. The van der Waals surface area contributed by atoms with Gasteiger partial charge < -0.3 is 0 Å². The molecule has 2 aromatic rings. The van der Waals surface area contributed by atoms with Gasteiger partial charge in [0, 0.05) is 0 Å². The van der Waals surface area contributed by atoms with Gasteiger partial charge in [0.15, 0.2) is 11.0 Å². The maximum atomic E-state index is 12.3. The summed E-state index contributed by atoms with van der Waals surface area (Å²) in [6.45, 7) is 3.61. The molecule has 0 aliphatic rings. The van der Waals surface area contributed by atoms with E-state index in [2.05, 4.69) is 14.7 Å². The van der Waals surface area contributed by atoms with Crippen molar-refractivity contribution in [2.75, 3.05) is 4.72 Å². The lowest BCUT2D eigenvalue weighted by Crippen LogP contribution is -2.15. The van der Waals surface area contributed by atoms with Gasteiger partial charge in [-0.05, 0) is 25.5 Å². The van der Waals surface area contributed by atoms with Gasteiger partial charge in [-0.25, -0.2) is 18.4 Å². The van der Waals surface area contributed by atoms with Crippen molar-refractivity contribution < 1.29 is 8.42 Å². The summed E-state index contributed by atoms with van der Waals surface area (Å²) in [5, 5.41) is -0.0532. The van der Waals surface area contributed by atoms with E-state index in [1.165, 1.54) is 6.07 Å². The second kappa shape index (κ2) is 5.55. The molecular formula is C12H11Cl2N3O2S. The predicted octanol–water partition coefficient (Wildman–Crippen LogP) is 3.20. The molecule has 0 aliphatic heterocycles. The molecule has 0 unspecified atom stereocenters. The second-order valence-electron chi connectivity index (χ2n) is 4.20. The predicted molar refractivity (Wildman–Crippen MR) is 78.8 cm³/mol. The molecule has 1 N–H and O–H groups in total. The average Bonchev–Trinajstić information content (AvgIpc) is 2.34. The molecule has 1 heterocycles. The number of nitrogens with zero attached hydrogens (tertiary/aromatic N) is 2. The summed E-state index contributed by atoms with van der Waals surface area (Å²) in [6.07, 6.45) is 1.13. The van der Waals surface area contributed by atoms with Crippen LogP contribution in [0.3, 0.4) is 0 Å².